The molecule has 0 heterocycles. The van der Waals surface area contributed by atoms with Gasteiger partial charge in [0.25, 0.3) is 0 Å². The predicted octanol–water partition coefficient (Wildman–Crippen LogP) is 2.60. The van der Waals surface area contributed by atoms with Crippen molar-refractivity contribution in [3.05, 3.63) is 65.2 Å². The average Bonchev–Trinajstić information content (AvgIpc) is 2.41. The molecule has 0 aliphatic rings. The highest BCUT2D eigenvalue weighted by Crippen LogP contribution is 2.09. The molecular weight excluding hydrogens is 250 g/mol. The van der Waals surface area contributed by atoms with Crippen molar-refractivity contribution in [3.63, 3.8) is 0 Å². The number of carbonyl (C=O) groups is 1. The van der Waals surface area contributed by atoms with Gasteiger partial charge in [-0.2, -0.15) is 0 Å². The van der Waals surface area contributed by atoms with Gasteiger partial charge in [0.2, 0.25) is 5.91 Å². The zero-order chi connectivity index (χ0) is 14.4. The SMILES string of the molecule is Cc1cccc(CC(=O)NCCc2ccc(O)cc2)c1. The number of aromatic hydroxyl groups is 1. The second-order valence-corrected chi connectivity index (χ2v) is 4.93. The van der Waals surface area contributed by atoms with E-state index >= 15 is 0 Å². The average molecular weight is 269 g/mol. The van der Waals surface area contributed by atoms with Crippen LogP contribution >= 0.6 is 0 Å². The lowest BCUT2D eigenvalue weighted by Crippen LogP contribution is -2.27. The molecule has 0 bridgehead atoms. The maximum Gasteiger partial charge on any atom is 0.224 e. The summed E-state index contributed by atoms with van der Waals surface area (Å²) < 4.78 is 0. The van der Waals surface area contributed by atoms with Crippen molar-refractivity contribution in [2.24, 2.45) is 0 Å². The maximum atomic E-state index is 11.8. The third kappa shape index (κ3) is 4.43. The minimum absolute atomic E-state index is 0.0365. The Morgan fingerprint density at radius 1 is 1.10 bits per heavy atom. The Hall–Kier alpha value is -2.29. The van der Waals surface area contributed by atoms with E-state index in [1.54, 1.807) is 12.1 Å². The summed E-state index contributed by atoms with van der Waals surface area (Å²) in [4.78, 5) is 11.8. The van der Waals surface area contributed by atoms with E-state index < -0.39 is 0 Å². The molecule has 0 fully saturated rings. The van der Waals surface area contributed by atoms with Crippen molar-refractivity contribution in [1.82, 2.24) is 5.32 Å². The van der Waals surface area contributed by atoms with Crippen LogP contribution in [0.25, 0.3) is 0 Å². The molecule has 0 unspecified atom stereocenters. The van der Waals surface area contributed by atoms with E-state index in [0.717, 1.165) is 17.5 Å². The highest BCUT2D eigenvalue weighted by Gasteiger charge is 2.03. The molecule has 0 saturated heterocycles. The van der Waals surface area contributed by atoms with E-state index in [-0.39, 0.29) is 11.7 Å². The van der Waals surface area contributed by atoms with Crippen LogP contribution in [-0.2, 0) is 17.6 Å². The van der Waals surface area contributed by atoms with Crippen molar-refractivity contribution in [3.8, 4) is 5.75 Å². The van der Waals surface area contributed by atoms with E-state index in [1.165, 1.54) is 5.56 Å². The van der Waals surface area contributed by atoms with Gasteiger partial charge < -0.3 is 10.4 Å². The molecule has 0 spiro atoms. The first-order valence-corrected chi connectivity index (χ1v) is 6.73. The summed E-state index contributed by atoms with van der Waals surface area (Å²) >= 11 is 0. The van der Waals surface area contributed by atoms with Crippen molar-refractivity contribution in [1.29, 1.82) is 0 Å². The monoisotopic (exact) mass is 269 g/mol. The lowest BCUT2D eigenvalue weighted by atomic mass is 10.1. The van der Waals surface area contributed by atoms with Gasteiger partial charge in [-0.05, 0) is 36.6 Å². The van der Waals surface area contributed by atoms with Crippen LogP contribution in [0.3, 0.4) is 0 Å². The molecule has 2 aromatic rings. The van der Waals surface area contributed by atoms with Crippen molar-refractivity contribution >= 4 is 5.91 Å². The number of hydrogen-bond acceptors (Lipinski definition) is 2. The van der Waals surface area contributed by atoms with Crippen molar-refractivity contribution in [2.45, 2.75) is 19.8 Å². The Bertz CT molecular complexity index is 576. The number of aryl methyl sites for hydroxylation is 1. The molecule has 0 radical (unpaired) electrons. The molecule has 2 N–H and O–H groups in total. The van der Waals surface area contributed by atoms with Crippen LogP contribution in [0.2, 0.25) is 0 Å². The topological polar surface area (TPSA) is 49.3 Å². The van der Waals surface area contributed by atoms with Crippen LogP contribution < -0.4 is 5.32 Å². The van der Waals surface area contributed by atoms with Gasteiger partial charge in [0.05, 0.1) is 6.42 Å². The van der Waals surface area contributed by atoms with Gasteiger partial charge in [0, 0.05) is 6.54 Å². The number of hydrogen-bond donors (Lipinski definition) is 2. The molecular formula is C17H19NO2. The van der Waals surface area contributed by atoms with Crippen LogP contribution in [0, 0.1) is 6.92 Å². The molecule has 2 rings (SSSR count). The normalized spacial score (nSPS) is 10.2. The Labute approximate surface area is 119 Å². The molecule has 0 aliphatic carbocycles. The minimum Gasteiger partial charge on any atom is -0.508 e. The molecule has 0 aliphatic heterocycles. The van der Waals surface area contributed by atoms with Crippen molar-refractivity contribution < 1.29 is 9.90 Å². The van der Waals surface area contributed by atoms with Crippen LogP contribution in [-0.4, -0.2) is 17.6 Å². The third-order valence-corrected chi connectivity index (χ3v) is 3.12. The van der Waals surface area contributed by atoms with E-state index in [4.69, 9.17) is 0 Å². The van der Waals surface area contributed by atoms with Gasteiger partial charge in [-0.15, -0.1) is 0 Å². The molecule has 3 nitrogen and oxygen atoms in total. The molecule has 104 valence electrons. The lowest BCUT2D eigenvalue weighted by Gasteiger charge is -2.06. The number of benzene rings is 2. The van der Waals surface area contributed by atoms with Crippen LogP contribution in [0.5, 0.6) is 5.75 Å². The van der Waals surface area contributed by atoms with Gasteiger partial charge in [-0.3, -0.25) is 4.79 Å². The number of amides is 1. The maximum absolute atomic E-state index is 11.8. The van der Waals surface area contributed by atoms with Crippen molar-refractivity contribution in [2.75, 3.05) is 6.54 Å². The Morgan fingerprint density at radius 2 is 1.85 bits per heavy atom. The Kier molecular flexibility index (Phi) is 4.77. The van der Waals surface area contributed by atoms with E-state index in [9.17, 15) is 9.90 Å². The summed E-state index contributed by atoms with van der Waals surface area (Å²) in [6.07, 6.45) is 1.18. The summed E-state index contributed by atoms with van der Waals surface area (Å²) in [5.74, 6) is 0.298. The van der Waals surface area contributed by atoms with E-state index in [2.05, 4.69) is 5.32 Å². The summed E-state index contributed by atoms with van der Waals surface area (Å²) in [6, 6.07) is 15.0. The van der Waals surface area contributed by atoms with Crippen LogP contribution in [0.1, 0.15) is 16.7 Å². The lowest BCUT2D eigenvalue weighted by molar-refractivity contribution is -0.120. The quantitative estimate of drug-likeness (QED) is 0.876. The molecule has 3 heteroatoms. The Morgan fingerprint density at radius 3 is 2.55 bits per heavy atom. The summed E-state index contributed by atoms with van der Waals surface area (Å²) in [6.45, 7) is 2.63. The molecule has 0 atom stereocenters. The van der Waals surface area contributed by atoms with Crippen LogP contribution in [0.15, 0.2) is 48.5 Å². The fourth-order valence-electron chi connectivity index (χ4n) is 2.08. The summed E-state index contributed by atoms with van der Waals surface area (Å²) in [5.41, 5.74) is 3.30. The first-order chi connectivity index (χ1) is 9.63. The second-order valence-electron chi connectivity index (χ2n) is 4.93. The largest absolute Gasteiger partial charge is 0.508 e. The molecule has 2 aromatic carbocycles. The molecule has 0 aromatic heterocycles. The zero-order valence-electron chi connectivity index (χ0n) is 11.6. The van der Waals surface area contributed by atoms with Gasteiger partial charge in [-0.1, -0.05) is 42.0 Å². The van der Waals surface area contributed by atoms with E-state index in [0.29, 0.717) is 13.0 Å². The molecule has 20 heavy (non-hydrogen) atoms. The number of phenols is 1. The van der Waals surface area contributed by atoms with E-state index in [1.807, 2.05) is 43.3 Å². The smallest absolute Gasteiger partial charge is 0.224 e. The predicted molar refractivity (Wildman–Crippen MR) is 79.7 cm³/mol. The zero-order valence-corrected chi connectivity index (χ0v) is 11.6. The Balaban J connectivity index is 1.76. The number of carbonyl (C=O) groups excluding carboxylic acids is 1. The first-order valence-electron chi connectivity index (χ1n) is 6.73. The number of rotatable bonds is 5. The highest BCUT2D eigenvalue weighted by molar-refractivity contribution is 5.78. The fraction of sp³-hybridized carbons (Fsp3) is 0.235. The standard InChI is InChI=1S/C17H19NO2/c1-13-3-2-4-15(11-13)12-17(20)18-10-9-14-5-7-16(19)8-6-14/h2-8,11,19H,9-10,12H2,1H3,(H,18,20). The highest BCUT2D eigenvalue weighted by atomic mass is 16.3. The number of phenolic OH excluding ortho intramolecular Hbond substituents is 1. The summed E-state index contributed by atoms with van der Waals surface area (Å²) in [7, 11) is 0. The first kappa shape index (κ1) is 14.1. The second kappa shape index (κ2) is 6.75. The summed E-state index contributed by atoms with van der Waals surface area (Å²) in [5, 5.41) is 12.1. The molecule has 1 amide bonds. The fourth-order valence-corrected chi connectivity index (χ4v) is 2.08. The molecule has 0 saturated carbocycles. The van der Waals surface area contributed by atoms with Crippen LogP contribution in [0.4, 0.5) is 0 Å². The van der Waals surface area contributed by atoms with Gasteiger partial charge >= 0.3 is 0 Å². The van der Waals surface area contributed by atoms with Gasteiger partial charge in [0.1, 0.15) is 5.75 Å². The number of nitrogens with one attached hydrogen (secondary N) is 1. The van der Waals surface area contributed by atoms with Gasteiger partial charge in [0.15, 0.2) is 0 Å². The van der Waals surface area contributed by atoms with Gasteiger partial charge in [-0.25, -0.2) is 0 Å². The minimum atomic E-state index is 0.0365. The third-order valence-electron chi connectivity index (χ3n) is 3.12.